The molecule has 1 amide bonds. The molecule has 0 radical (unpaired) electrons. The highest BCUT2D eigenvalue weighted by atomic mass is 32.1. The second-order valence-electron chi connectivity index (χ2n) is 3.66. The number of anilines is 1. The van der Waals surface area contributed by atoms with Crippen molar-refractivity contribution in [3.05, 3.63) is 34.4 Å². The smallest absolute Gasteiger partial charge is 0.276 e. The topological polar surface area (TPSA) is 67.8 Å². The molecular weight excluding hydrogens is 236 g/mol. The van der Waals surface area contributed by atoms with Crippen LogP contribution in [0.25, 0.3) is 0 Å². The van der Waals surface area contributed by atoms with Crippen LogP contribution in [-0.4, -0.2) is 20.9 Å². The summed E-state index contributed by atoms with van der Waals surface area (Å²) in [6.45, 7) is 5.62. The number of aryl methyl sites for hydroxylation is 2. The van der Waals surface area contributed by atoms with E-state index in [0.717, 1.165) is 16.1 Å². The quantitative estimate of drug-likeness (QED) is 0.883. The number of amides is 1. The Labute approximate surface area is 103 Å². The molecule has 0 atom stereocenters. The van der Waals surface area contributed by atoms with Gasteiger partial charge in [0.05, 0.1) is 0 Å². The highest BCUT2D eigenvalue weighted by molar-refractivity contribution is 7.15. The highest BCUT2D eigenvalue weighted by Gasteiger charge is 2.13. The maximum absolute atomic E-state index is 12.0. The zero-order valence-corrected chi connectivity index (χ0v) is 10.6. The van der Waals surface area contributed by atoms with Crippen molar-refractivity contribution in [1.82, 2.24) is 15.0 Å². The standard InChI is InChI=1S/C11H12N4OS/c1-6-4-12-11(17-6)15-10(16)9-7(2)8(3)13-5-14-9/h4-5H,1-3H3,(H,12,15,16). The number of hydrogen-bond donors (Lipinski definition) is 1. The minimum Gasteiger partial charge on any atom is -0.296 e. The van der Waals surface area contributed by atoms with Gasteiger partial charge in [-0.1, -0.05) is 0 Å². The maximum atomic E-state index is 12.0. The molecule has 0 unspecified atom stereocenters. The summed E-state index contributed by atoms with van der Waals surface area (Å²) in [5.74, 6) is -0.248. The van der Waals surface area contributed by atoms with E-state index in [-0.39, 0.29) is 5.91 Å². The maximum Gasteiger partial charge on any atom is 0.276 e. The molecule has 6 heteroatoms. The number of aromatic nitrogens is 3. The molecule has 5 nitrogen and oxygen atoms in total. The van der Waals surface area contributed by atoms with E-state index in [1.807, 2.05) is 20.8 Å². The van der Waals surface area contributed by atoms with Crippen LogP contribution in [0, 0.1) is 20.8 Å². The summed E-state index contributed by atoms with van der Waals surface area (Å²) in [4.78, 5) is 25.1. The monoisotopic (exact) mass is 248 g/mol. The molecule has 0 aliphatic heterocycles. The lowest BCUT2D eigenvalue weighted by atomic mass is 10.2. The molecule has 2 aromatic heterocycles. The Morgan fingerprint density at radius 1 is 1.24 bits per heavy atom. The minimum atomic E-state index is -0.248. The molecule has 88 valence electrons. The summed E-state index contributed by atoms with van der Waals surface area (Å²) in [6.07, 6.45) is 3.11. The molecule has 0 saturated heterocycles. The number of nitrogens with one attached hydrogen (secondary N) is 1. The van der Waals surface area contributed by atoms with Gasteiger partial charge in [0, 0.05) is 22.3 Å². The average Bonchev–Trinajstić information content (AvgIpc) is 2.68. The van der Waals surface area contributed by atoms with Crippen LogP contribution in [0.15, 0.2) is 12.5 Å². The van der Waals surface area contributed by atoms with E-state index in [9.17, 15) is 4.79 Å². The van der Waals surface area contributed by atoms with Gasteiger partial charge in [0.25, 0.3) is 5.91 Å². The van der Waals surface area contributed by atoms with Crippen molar-refractivity contribution < 1.29 is 4.79 Å². The second-order valence-corrected chi connectivity index (χ2v) is 4.90. The predicted octanol–water partition coefficient (Wildman–Crippen LogP) is 2.11. The third kappa shape index (κ3) is 2.47. The van der Waals surface area contributed by atoms with Gasteiger partial charge in [-0.25, -0.2) is 15.0 Å². The molecule has 0 aliphatic rings. The molecule has 0 bridgehead atoms. The summed E-state index contributed by atoms with van der Waals surface area (Å²) >= 11 is 1.43. The molecular formula is C11H12N4OS. The van der Waals surface area contributed by atoms with Crippen LogP contribution in [0.1, 0.15) is 26.6 Å². The summed E-state index contributed by atoms with van der Waals surface area (Å²) < 4.78 is 0. The third-order valence-corrected chi connectivity index (χ3v) is 3.22. The molecule has 2 aromatic rings. The van der Waals surface area contributed by atoms with Gasteiger partial charge in [-0.15, -0.1) is 11.3 Å². The van der Waals surface area contributed by atoms with Crippen LogP contribution in [0.3, 0.4) is 0 Å². The molecule has 0 spiro atoms. The van der Waals surface area contributed by atoms with Crippen molar-refractivity contribution in [2.45, 2.75) is 20.8 Å². The minimum absolute atomic E-state index is 0.248. The Kier molecular flexibility index (Phi) is 3.14. The molecule has 2 heterocycles. The fourth-order valence-corrected chi connectivity index (χ4v) is 2.00. The predicted molar refractivity (Wildman–Crippen MR) is 66.3 cm³/mol. The highest BCUT2D eigenvalue weighted by Crippen LogP contribution is 2.18. The van der Waals surface area contributed by atoms with Gasteiger partial charge < -0.3 is 0 Å². The average molecular weight is 248 g/mol. The van der Waals surface area contributed by atoms with Crippen molar-refractivity contribution in [3.63, 3.8) is 0 Å². The van der Waals surface area contributed by atoms with E-state index >= 15 is 0 Å². The van der Waals surface area contributed by atoms with E-state index in [4.69, 9.17) is 0 Å². The van der Waals surface area contributed by atoms with Gasteiger partial charge in [-0.05, 0) is 20.8 Å². The molecule has 17 heavy (non-hydrogen) atoms. The summed E-state index contributed by atoms with van der Waals surface area (Å²) in [5.41, 5.74) is 1.99. The Morgan fingerprint density at radius 2 is 2.00 bits per heavy atom. The van der Waals surface area contributed by atoms with E-state index in [1.165, 1.54) is 17.7 Å². The summed E-state index contributed by atoms with van der Waals surface area (Å²) in [5, 5.41) is 3.31. The first-order valence-corrected chi connectivity index (χ1v) is 5.91. The van der Waals surface area contributed by atoms with Gasteiger partial charge in [-0.3, -0.25) is 10.1 Å². The van der Waals surface area contributed by atoms with E-state index in [1.54, 1.807) is 6.20 Å². The summed E-state index contributed by atoms with van der Waals surface area (Å²) in [6, 6.07) is 0. The van der Waals surface area contributed by atoms with Crippen molar-refractivity contribution in [2.75, 3.05) is 5.32 Å². The Balaban J connectivity index is 2.23. The van der Waals surface area contributed by atoms with Gasteiger partial charge in [0.1, 0.15) is 12.0 Å². The van der Waals surface area contributed by atoms with E-state index in [0.29, 0.717) is 10.8 Å². The second kappa shape index (κ2) is 4.58. The lowest BCUT2D eigenvalue weighted by molar-refractivity contribution is 0.102. The van der Waals surface area contributed by atoms with Gasteiger partial charge in [0.2, 0.25) is 0 Å². The molecule has 0 saturated carbocycles. The molecule has 0 fully saturated rings. The van der Waals surface area contributed by atoms with Crippen molar-refractivity contribution in [1.29, 1.82) is 0 Å². The van der Waals surface area contributed by atoms with Crippen LogP contribution in [0.5, 0.6) is 0 Å². The Bertz CT molecular complexity index is 564. The molecule has 1 N–H and O–H groups in total. The van der Waals surface area contributed by atoms with Crippen LogP contribution >= 0.6 is 11.3 Å². The van der Waals surface area contributed by atoms with Gasteiger partial charge >= 0.3 is 0 Å². The van der Waals surface area contributed by atoms with Crippen LogP contribution in [0.4, 0.5) is 5.13 Å². The normalized spacial score (nSPS) is 10.3. The van der Waals surface area contributed by atoms with Crippen molar-refractivity contribution in [2.24, 2.45) is 0 Å². The van der Waals surface area contributed by atoms with E-state index in [2.05, 4.69) is 20.3 Å². The number of carbonyl (C=O) groups is 1. The lowest BCUT2D eigenvalue weighted by Gasteiger charge is -2.05. The Hall–Kier alpha value is -1.82. The summed E-state index contributed by atoms with van der Waals surface area (Å²) in [7, 11) is 0. The van der Waals surface area contributed by atoms with Crippen molar-refractivity contribution >= 4 is 22.4 Å². The first-order valence-electron chi connectivity index (χ1n) is 5.10. The first kappa shape index (κ1) is 11.7. The SMILES string of the molecule is Cc1cnc(NC(=O)c2ncnc(C)c2C)s1. The first-order chi connectivity index (χ1) is 8.08. The van der Waals surface area contributed by atoms with Crippen LogP contribution < -0.4 is 5.32 Å². The third-order valence-electron chi connectivity index (χ3n) is 2.39. The van der Waals surface area contributed by atoms with Gasteiger partial charge in [-0.2, -0.15) is 0 Å². The number of thiazole rings is 1. The Morgan fingerprint density at radius 3 is 2.65 bits per heavy atom. The fourth-order valence-electron chi connectivity index (χ4n) is 1.34. The van der Waals surface area contributed by atoms with Crippen LogP contribution in [-0.2, 0) is 0 Å². The molecule has 2 rings (SSSR count). The number of carbonyl (C=O) groups excluding carboxylic acids is 1. The lowest BCUT2D eigenvalue weighted by Crippen LogP contribution is -2.16. The zero-order valence-electron chi connectivity index (χ0n) is 9.81. The van der Waals surface area contributed by atoms with Gasteiger partial charge in [0.15, 0.2) is 5.13 Å². The van der Waals surface area contributed by atoms with Crippen LogP contribution in [0.2, 0.25) is 0 Å². The molecule has 0 aliphatic carbocycles. The fraction of sp³-hybridized carbons (Fsp3) is 0.273. The van der Waals surface area contributed by atoms with E-state index < -0.39 is 0 Å². The number of rotatable bonds is 2. The number of nitrogens with zero attached hydrogens (tertiary/aromatic N) is 3. The number of hydrogen-bond acceptors (Lipinski definition) is 5. The molecule has 0 aromatic carbocycles. The van der Waals surface area contributed by atoms with Crippen molar-refractivity contribution in [3.8, 4) is 0 Å². The zero-order chi connectivity index (χ0) is 12.4. The largest absolute Gasteiger partial charge is 0.296 e.